The summed E-state index contributed by atoms with van der Waals surface area (Å²) in [5.74, 6) is -0.809. The number of hydrogen-bond acceptors (Lipinski definition) is 3. The van der Waals surface area contributed by atoms with Gasteiger partial charge in [0.05, 0.1) is 0 Å². The van der Waals surface area contributed by atoms with E-state index in [0.717, 1.165) is 5.56 Å². The predicted molar refractivity (Wildman–Crippen MR) is 79.7 cm³/mol. The fraction of sp³-hybridized carbons (Fsp3) is 0.562. The van der Waals surface area contributed by atoms with Crippen molar-refractivity contribution in [1.29, 1.82) is 0 Å². The molecule has 0 aliphatic heterocycles. The van der Waals surface area contributed by atoms with Gasteiger partial charge in [-0.3, -0.25) is 5.32 Å². The van der Waals surface area contributed by atoms with Crippen molar-refractivity contribution >= 4 is 5.97 Å². The van der Waals surface area contributed by atoms with Gasteiger partial charge in [-0.2, -0.15) is 0 Å². The average molecular weight is 276 g/mol. The summed E-state index contributed by atoms with van der Waals surface area (Å²) in [6.45, 7) is 3.06. The lowest BCUT2D eigenvalue weighted by atomic mass is 9.86. The predicted octanol–water partition coefficient (Wildman–Crippen LogP) is 2.06. The maximum Gasteiger partial charge on any atom is 0.329 e. The highest BCUT2D eigenvalue weighted by Crippen LogP contribution is 2.29. The number of carboxylic acid groups (broad SMARTS) is 1. The van der Waals surface area contributed by atoms with Crippen molar-refractivity contribution < 1.29 is 9.90 Å². The number of nitrogens with one attached hydrogen (secondary N) is 1. The van der Waals surface area contributed by atoms with Crippen LogP contribution < -0.4 is 5.32 Å². The van der Waals surface area contributed by atoms with Crippen molar-refractivity contribution in [2.24, 2.45) is 0 Å². The van der Waals surface area contributed by atoms with Crippen LogP contribution in [0.4, 0.5) is 0 Å². The van der Waals surface area contributed by atoms with E-state index in [4.69, 9.17) is 0 Å². The molecule has 1 aliphatic rings. The van der Waals surface area contributed by atoms with E-state index in [2.05, 4.69) is 10.2 Å². The van der Waals surface area contributed by atoms with Gasteiger partial charge in [-0.15, -0.1) is 0 Å². The Bertz CT molecular complexity index is 445. The number of benzene rings is 1. The molecule has 0 saturated heterocycles. The summed E-state index contributed by atoms with van der Waals surface area (Å²) in [5.41, 5.74) is -0.208. The maximum atomic E-state index is 12.0. The zero-order valence-corrected chi connectivity index (χ0v) is 12.3. The quantitative estimate of drug-likeness (QED) is 0.800. The molecule has 1 aliphatic carbocycles. The molecular weight excluding hydrogens is 252 g/mol. The summed E-state index contributed by atoms with van der Waals surface area (Å²) in [6, 6.07) is 10.0. The van der Waals surface area contributed by atoms with E-state index in [1.807, 2.05) is 44.3 Å². The third-order valence-corrected chi connectivity index (χ3v) is 4.29. The lowest BCUT2D eigenvalue weighted by Crippen LogP contribution is -2.57. The first-order valence-electron chi connectivity index (χ1n) is 7.34. The molecule has 1 fully saturated rings. The van der Waals surface area contributed by atoms with Crippen LogP contribution in [0.15, 0.2) is 30.3 Å². The van der Waals surface area contributed by atoms with Crippen LogP contribution in [-0.2, 0) is 10.3 Å². The summed E-state index contributed by atoms with van der Waals surface area (Å²) in [5, 5.41) is 13.0. The monoisotopic (exact) mass is 276 g/mol. The normalized spacial score (nSPS) is 18.6. The maximum absolute atomic E-state index is 12.0. The number of aliphatic carboxylic acids is 1. The van der Waals surface area contributed by atoms with Gasteiger partial charge in [0.15, 0.2) is 5.54 Å². The highest BCUT2D eigenvalue weighted by molar-refractivity contribution is 5.81. The number of hydrogen-bond donors (Lipinski definition) is 2. The Morgan fingerprint density at radius 2 is 2.05 bits per heavy atom. The second-order valence-corrected chi connectivity index (χ2v) is 5.61. The molecule has 0 spiro atoms. The molecule has 2 N–H and O–H groups in total. The first kappa shape index (κ1) is 15.0. The Kier molecular flexibility index (Phi) is 4.78. The van der Waals surface area contributed by atoms with Crippen LogP contribution in [-0.4, -0.2) is 42.2 Å². The van der Waals surface area contributed by atoms with E-state index >= 15 is 0 Å². The molecule has 0 radical (unpaired) electrons. The van der Waals surface area contributed by atoms with Crippen LogP contribution in [0.1, 0.15) is 31.7 Å². The minimum Gasteiger partial charge on any atom is -0.480 e. The molecule has 1 unspecified atom stereocenters. The highest BCUT2D eigenvalue weighted by Gasteiger charge is 2.42. The van der Waals surface area contributed by atoms with Crippen molar-refractivity contribution in [3.05, 3.63) is 35.9 Å². The van der Waals surface area contributed by atoms with E-state index in [0.29, 0.717) is 19.1 Å². The van der Waals surface area contributed by atoms with Gasteiger partial charge in [-0.25, -0.2) is 4.79 Å². The first-order chi connectivity index (χ1) is 9.60. The summed E-state index contributed by atoms with van der Waals surface area (Å²) < 4.78 is 0. The average Bonchev–Trinajstić information content (AvgIpc) is 2.36. The van der Waals surface area contributed by atoms with E-state index < -0.39 is 11.5 Å². The zero-order valence-electron chi connectivity index (χ0n) is 12.3. The Hall–Kier alpha value is -1.39. The molecule has 0 heterocycles. The minimum absolute atomic E-state index is 0.491. The molecule has 1 atom stereocenters. The molecule has 4 nitrogen and oxygen atoms in total. The first-order valence-corrected chi connectivity index (χ1v) is 7.34. The van der Waals surface area contributed by atoms with Gasteiger partial charge in [0, 0.05) is 12.6 Å². The molecule has 0 aromatic heterocycles. The van der Waals surface area contributed by atoms with E-state index in [9.17, 15) is 9.90 Å². The Balaban J connectivity index is 2.29. The standard InChI is InChI=1S/C16H24N2O2/c1-3-17-16(15(19)20,13-8-5-4-6-9-13)12-18(2)14-10-7-11-14/h4-6,8-9,14,17H,3,7,10-12H2,1-2H3,(H,19,20). The topological polar surface area (TPSA) is 52.6 Å². The third-order valence-electron chi connectivity index (χ3n) is 4.29. The molecule has 2 rings (SSSR count). The third kappa shape index (κ3) is 2.86. The number of rotatable bonds is 7. The van der Waals surface area contributed by atoms with Crippen LogP contribution in [0.2, 0.25) is 0 Å². The van der Waals surface area contributed by atoms with E-state index in [-0.39, 0.29) is 0 Å². The van der Waals surface area contributed by atoms with Gasteiger partial charge in [0.1, 0.15) is 0 Å². The Morgan fingerprint density at radius 1 is 1.40 bits per heavy atom. The van der Waals surface area contributed by atoms with Crippen molar-refractivity contribution in [3.63, 3.8) is 0 Å². The Labute approximate surface area is 120 Å². The summed E-state index contributed by atoms with van der Waals surface area (Å²) in [4.78, 5) is 14.2. The molecule has 20 heavy (non-hydrogen) atoms. The fourth-order valence-corrected chi connectivity index (χ4v) is 2.87. The second kappa shape index (κ2) is 6.37. The van der Waals surface area contributed by atoms with Crippen LogP contribution in [0.25, 0.3) is 0 Å². The van der Waals surface area contributed by atoms with Gasteiger partial charge in [-0.05, 0) is 32.0 Å². The van der Waals surface area contributed by atoms with Crippen LogP contribution in [0.3, 0.4) is 0 Å². The van der Waals surface area contributed by atoms with Crippen LogP contribution in [0, 0.1) is 0 Å². The molecule has 1 aromatic carbocycles. The van der Waals surface area contributed by atoms with Gasteiger partial charge in [-0.1, -0.05) is 43.7 Å². The summed E-state index contributed by atoms with van der Waals surface area (Å²) >= 11 is 0. The molecular formula is C16H24N2O2. The lowest BCUT2D eigenvalue weighted by molar-refractivity contribution is -0.146. The van der Waals surface area contributed by atoms with Crippen molar-refractivity contribution in [1.82, 2.24) is 10.2 Å². The van der Waals surface area contributed by atoms with Crippen LogP contribution >= 0.6 is 0 Å². The fourth-order valence-electron chi connectivity index (χ4n) is 2.87. The largest absolute Gasteiger partial charge is 0.480 e. The lowest BCUT2D eigenvalue weighted by Gasteiger charge is -2.41. The summed E-state index contributed by atoms with van der Waals surface area (Å²) in [6.07, 6.45) is 3.60. The SMILES string of the molecule is CCNC(CN(C)C1CCC1)(C(=O)O)c1ccccc1. The van der Waals surface area contributed by atoms with Crippen molar-refractivity contribution in [2.75, 3.05) is 20.1 Å². The molecule has 0 amide bonds. The number of carbonyl (C=O) groups is 1. The second-order valence-electron chi connectivity index (χ2n) is 5.61. The molecule has 1 aromatic rings. The van der Waals surface area contributed by atoms with E-state index in [1.165, 1.54) is 19.3 Å². The molecule has 1 saturated carbocycles. The number of carboxylic acids is 1. The molecule has 4 heteroatoms. The molecule has 0 bridgehead atoms. The number of likely N-dealkylation sites (N-methyl/N-ethyl adjacent to an activating group) is 2. The van der Waals surface area contributed by atoms with Crippen molar-refractivity contribution in [2.45, 2.75) is 37.8 Å². The highest BCUT2D eigenvalue weighted by atomic mass is 16.4. The Morgan fingerprint density at radius 3 is 2.50 bits per heavy atom. The van der Waals surface area contributed by atoms with Gasteiger partial charge in [0.25, 0.3) is 0 Å². The van der Waals surface area contributed by atoms with Crippen molar-refractivity contribution in [3.8, 4) is 0 Å². The summed E-state index contributed by atoms with van der Waals surface area (Å²) in [7, 11) is 2.03. The van der Waals surface area contributed by atoms with E-state index in [1.54, 1.807) is 0 Å². The van der Waals surface area contributed by atoms with Gasteiger partial charge < -0.3 is 10.0 Å². The minimum atomic E-state index is -1.03. The smallest absolute Gasteiger partial charge is 0.329 e. The zero-order chi connectivity index (χ0) is 14.6. The molecule has 110 valence electrons. The van der Waals surface area contributed by atoms with Gasteiger partial charge in [0.2, 0.25) is 0 Å². The number of nitrogens with zero attached hydrogens (tertiary/aromatic N) is 1. The van der Waals surface area contributed by atoms with Gasteiger partial charge >= 0.3 is 5.97 Å². The van der Waals surface area contributed by atoms with Crippen LogP contribution in [0.5, 0.6) is 0 Å².